The fourth-order valence-corrected chi connectivity index (χ4v) is 7.58. The summed E-state index contributed by atoms with van der Waals surface area (Å²) in [6.45, 7) is 5.51. The molecule has 0 aliphatic heterocycles. The molecule has 4 unspecified atom stereocenters. The van der Waals surface area contributed by atoms with E-state index in [1.807, 2.05) is 7.05 Å². The van der Waals surface area contributed by atoms with Crippen molar-refractivity contribution >= 4 is 5.78 Å². The number of carbonyl (C=O) groups is 1. The maximum absolute atomic E-state index is 12.5. The largest absolute Gasteiger partial charge is 0.389 e. The standard InChI is InChI=1S/C21H35NO2/c1-19-10-11-21(24,13-22-3)12-14(19)4-5-15-16-6-7-18(23)20(16,2)9-8-17(15)19/h14-17,22,24H,4-13H2,1-3H3/t14?,15?,16?,17?,19-,20-,21+/m0/s1. The molecule has 0 radical (unpaired) electrons. The van der Waals surface area contributed by atoms with Crippen molar-refractivity contribution < 1.29 is 9.90 Å². The molecule has 4 rings (SSSR count). The number of carbonyl (C=O) groups excluding carboxylic acids is 1. The number of hydrogen-bond acceptors (Lipinski definition) is 3. The Labute approximate surface area is 147 Å². The molecule has 0 amide bonds. The fourth-order valence-electron chi connectivity index (χ4n) is 7.58. The predicted molar refractivity (Wildman–Crippen MR) is 95.6 cm³/mol. The van der Waals surface area contributed by atoms with E-state index < -0.39 is 5.60 Å². The molecule has 7 atom stereocenters. The zero-order valence-corrected chi connectivity index (χ0v) is 15.7. The van der Waals surface area contributed by atoms with Crippen molar-refractivity contribution in [2.45, 2.75) is 77.2 Å². The topological polar surface area (TPSA) is 49.3 Å². The summed E-state index contributed by atoms with van der Waals surface area (Å²) in [5.41, 5.74) is -0.125. The second kappa shape index (κ2) is 5.54. The Hall–Kier alpha value is -0.410. The van der Waals surface area contributed by atoms with E-state index in [1.54, 1.807) is 0 Å². The summed E-state index contributed by atoms with van der Waals surface area (Å²) in [6.07, 6.45) is 9.92. The zero-order chi connectivity index (χ0) is 17.2. The van der Waals surface area contributed by atoms with Gasteiger partial charge in [-0.15, -0.1) is 0 Å². The van der Waals surface area contributed by atoms with Gasteiger partial charge in [0.05, 0.1) is 5.60 Å². The van der Waals surface area contributed by atoms with Gasteiger partial charge in [-0.05, 0) is 87.5 Å². The molecular weight excluding hydrogens is 298 g/mol. The van der Waals surface area contributed by atoms with Gasteiger partial charge in [-0.25, -0.2) is 0 Å². The number of fused-ring (bicyclic) bond motifs is 5. The van der Waals surface area contributed by atoms with Gasteiger partial charge in [0.25, 0.3) is 0 Å². The highest BCUT2D eigenvalue weighted by atomic mass is 16.3. The number of nitrogens with one attached hydrogen (secondary N) is 1. The lowest BCUT2D eigenvalue weighted by atomic mass is 9.44. The quantitative estimate of drug-likeness (QED) is 0.812. The maximum Gasteiger partial charge on any atom is 0.139 e. The summed E-state index contributed by atoms with van der Waals surface area (Å²) in [7, 11) is 1.95. The van der Waals surface area contributed by atoms with Gasteiger partial charge in [0.1, 0.15) is 5.78 Å². The molecule has 4 aliphatic rings. The summed E-state index contributed by atoms with van der Waals surface area (Å²) in [5, 5.41) is 14.1. The van der Waals surface area contributed by atoms with Crippen LogP contribution in [0.3, 0.4) is 0 Å². The summed E-state index contributed by atoms with van der Waals surface area (Å²) in [6, 6.07) is 0. The third kappa shape index (κ3) is 2.26. The summed E-state index contributed by atoms with van der Waals surface area (Å²) < 4.78 is 0. The van der Waals surface area contributed by atoms with Gasteiger partial charge in [0, 0.05) is 18.4 Å². The van der Waals surface area contributed by atoms with Crippen LogP contribution in [0.15, 0.2) is 0 Å². The Kier molecular flexibility index (Phi) is 3.93. The number of likely N-dealkylation sites (N-methyl/N-ethyl adjacent to an activating group) is 1. The summed E-state index contributed by atoms with van der Waals surface area (Å²) >= 11 is 0. The van der Waals surface area contributed by atoms with Crippen molar-refractivity contribution in [1.82, 2.24) is 5.32 Å². The van der Waals surface area contributed by atoms with Gasteiger partial charge < -0.3 is 10.4 Å². The molecular formula is C21H35NO2. The lowest BCUT2D eigenvalue weighted by Gasteiger charge is -2.61. The first-order valence-corrected chi connectivity index (χ1v) is 10.2. The smallest absolute Gasteiger partial charge is 0.139 e. The van der Waals surface area contributed by atoms with Crippen LogP contribution in [0.5, 0.6) is 0 Å². The van der Waals surface area contributed by atoms with E-state index in [0.717, 1.165) is 56.9 Å². The van der Waals surface area contributed by atoms with Crippen molar-refractivity contribution in [2.75, 3.05) is 13.6 Å². The lowest BCUT2D eigenvalue weighted by Crippen LogP contribution is -2.57. The Morgan fingerprint density at radius 1 is 1.08 bits per heavy atom. The molecule has 0 heterocycles. The van der Waals surface area contributed by atoms with Crippen molar-refractivity contribution in [3.05, 3.63) is 0 Å². The minimum atomic E-state index is -0.502. The SMILES string of the molecule is CNC[C@@]1(O)CC[C@@]2(C)C(CCC3C2CC[C@]2(C)C(=O)CCC32)C1. The van der Waals surface area contributed by atoms with Crippen LogP contribution in [-0.2, 0) is 4.79 Å². The lowest BCUT2D eigenvalue weighted by molar-refractivity contribution is -0.153. The van der Waals surface area contributed by atoms with Crippen LogP contribution in [0, 0.1) is 34.5 Å². The second-order valence-electron chi connectivity index (χ2n) is 10.0. The molecule has 4 aliphatic carbocycles. The molecule has 0 spiro atoms. The third-order valence-corrected chi connectivity index (χ3v) is 9.04. The Morgan fingerprint density at radius 3 is 2.62 bits per heavy atom. The molecule has 0 aromatic heterocycles. The molecule has 0 bridgehead atoms. The van der Waals surface area contributed by atoms with E-state index in [-0.39, 0.29) is 5.41 Å². The molecule has 3 heteroatoms. The first kappa shape index (κ1) is 17.0. The fraction of sp³-hybridized carbons (Fsp3) is 0.952. The summed E-state index contributed by atoms with van der Waals surface area (Å²) in [4.78, 5) is 12.5. The summed E-state index contributed by atoms with van der Waals surface area (Å²) in [5.74, 6) is 3.38. The second-order valence-corrected chi connectivity index (χ2v) is 10.0. The minimum absolute atomic E-state index is 0.00804. The predicted octanol–water partition coefficient (Wildman–Crippen LogP) is 3.55. The van der Waals surface area contributed by atoms with Crippen LogP contribution in [0.25, 0.3) is 0 Å². The van der Waals surface area contributed by atoms with Gasteiger partial charge >= 0.3 is 0 Å². The van der Waals surface area contributed by atoms with Crippen LogP contribution in [0.1, 0.15) is 71.6 Å². The minimum Gasteiger partial charge on any atom is -0.389 e. The van der Waals surface area contributed by atoms with Gasteiger partial charge in [-0.3, -0.25) is 4.79 Å². The van der Waals surface area contributed by atoms with E-state index >= 15 is 0 Å². The number of rotatable bonds is 2. The molecule has 4 saturated carbocycles. The Bertz CT molecular complexity index is 534. The van der Waals surface area contributed by atoms with Gasteiger partial charge in [0.15, 0.2) is 0 Å². The monoisotopic (exact) mass is 333 g/mol. The van der Waals surface area contributed by atoms with E-state index in [2.05, 4.69) is 19.2 Å². The molecule has 136 valence electrons. The molecule has 4 fully saturated rings. The highest BCUT2D eigenvalue weighted by Gasteiger charge is 2.61. The van der Waals surface area contributed by atoms with Gasteiger partial charge in [-0.1, -0.05) is 13.8 Å². The Balaban J connectivity index is 1.58. The van der Waals surface area contributed by atoms with Gasteiger partial charge in [-0.2, -0.15) is 0 Å². The van der Waals surface area contributed by atoms with E-state index in [0.29, 0.717) is 23.0 Å². The van der Waals surface area contributed by atoms with Crippen LogP contribution < -0.4 is 5.32 Å². The van der Waals surface area contributed by atoms with Gasteiger partial charge in [0.2, 0.25) is 0 Å². The zero-order valence-electron chi connectivity index (χ0n) is 15.7. The highest BCUT2D eigenvalue weighted by Crippen LogP contribution is 2.66. The third-order valence-electron chi connectivity index (χ3n) is 9.04. The average Bonchev–Trinajstić information content (AvgIpc) is 2.84. The first-order chi connectivity index (χ1) is 11.3. The van der Waals surface area contributed by atoms with Crippen LogP contribution >= 0.6 is 0 Å². The molecule has 24 heavy (non-hydrogen) atoms. The molecule has 0 saturated heterocycles. The average molecular weight is 334 g/mol. The first-order valence-electron chi connectivity index (χ1n) is 10.2. The van der Waals surface area contributed by atoms with Crippen LogP contribution in [0.2, 0.25) is 0 Å². The van der Waals surface area contributed by atoms with Crippen molar-refractivity contribution in [1.29, 1.82) is 0 Å². The highest BCUT2D eigenvalue weighted by molar-refractivity contribution is 5.87. The number of ketones is 1. The Morgan fingerprint density at radius 2 is 1.88 bits per heavy atom. The number of hydrogen-bond donors (Lipinski definition) is 2. The van der Waals surface area contributed by atoms with Crippen molar-refractivity contribution in [3.63, 3.8) is 0 Å². The molecule has 3 nitrogen and oxygen atoms in total. The van der Waals surface area contributed by atoms with Crippen molar-refractivity contribution in [3.8, 4) is 0 Å². The van der Waals surface area contributed by atoms with Crippen LogP contribution in [0.4, 0.5) is 0 Å². The molecule has 0 aromatic carbocycles. The van der Waals surface area contributed by atoms with Crippen molar-refractivity contribution in [2.24, 2.45) is 34.5 Å². The molecule has 2 N–H and O–H groups in total. The normalized spacial score (nSPS) is 54.1. The maximum atomic E-state index is 12.5. The van der Waals surface area contributed by atoms with E-state index in [9.17, 15) is 9.90 Å². The van der Waals surface area contributed by atoms with E-state index in [4.69, 9.17) is 0 Å². The van der Waals surface area contributed by atoms with Crippen LogP contribution in [-0.4, -0.2) is 30.1 Å². The molecule has 0 aromatic rings. The number of aliphatic hydroxyl groups is 1. The van der Waals surface area contributed by atoms with E-state index in [1.165, 1.54) is 19.3 Å². The number of Topliss-reactive ketones (excluding diaryl/α,β-unsaturated/α-hetero) is 1.